The molecule has 0 unspecified atom stereocenters. The summed E-state index contributed by atoms with van der Waals surface area (Å²) in [4.78, 5) is 12.9. The summed E-state index contributed by atoms with van der Waals surface area (Å²) in [5.41, 5.74) is 11.0. The molecular formula is C26H32N6O5. The van der Waals surface area contributed by atoms with Crippen molar-refractivity contribution in [3.8, 4) is 5.75 Å². The van der Waals surface area contributed by atoms with Crippen molar-refractivity contribution in [2.45, 2.75) is 13.8 Å². The Bertz CT molecular complexity index is 1230. The maximum Gasteiger partial charge on any atom is 0.296 e. The molecule has 0 aliphatic carbocycles. The lowest BCUT2D eigenvalue weighted by molar-refractivity contribution is -0.384. The van der Waals surface area contributed by atoms with E-state index >= 15 is 0 Å². The third-order valence-corrected chi connectivity index (χ3v) is 5.62. The maximum atomic E-state index is 11.4. The van der Waals surface area contributed by atoms with Crippen LogP contribution in [0.15, 0.2) is 64.8 Å². The number of nitro benzene ring substituents is 1. The largest absolute Gasteiger partial charge is 0.494 e. The molecule has 0 radical (unpaired) electrons. The van der Waals surface area contributed by atoms with Crippen molar-refractivity contribution in [2.75, 3.05) is 56.3 Å². The SMILES string of the molecule is COCCN(CCO)c1ccc(NNc2cc(C)c(N=Nc3ccc(C)cc3[N+](=O)[O-])cc2OC)cc1. The van der Waals surface area contributed by atoms with Crippen LogP contribution in [-0.4, -0.2) is 50.6 Å². The first kappa shape index (κ1) is 27.4. The summed E-state index contributed by atoms with van der Waals surface area (Å²) in [6.07, 6.45) is 0. The second kappa shape index (κ2) is 13.2. The minimum atomic E-state index is -0.468. The molecule has 3 aromatic rings. The second-order valence-electron chi connectivity index (χ2n) is 8.29. The predicted molar refractivity (Wildman–Crippen MR) is 145 cm³/mol. The molecule has 196 valence electrons. The van der Waals surface area contributed by atoms with Gasteiger partial charge in [0.05, 0.1) is 42.3 Å². The van der Waals surface area contributed by atoms with Gasteiger partial charge < -0.3 is 24.9 Å². The molecule has 3 rings (SSSR count). The highest BCUT2D eigenvalue weighted by Crippen LogP contribution is 2.35. The average molecular weight is 509 g/mol. The van der Waals surface area contributed by atoms with Crippen LogP contribution in [0, 0.1) is 24.0 Å². The fourth-order valence-corrected chi connectivity index (χ4v) is 3.61. The van der Waals surface area contributed by atoms with E-state index in [4.69, 9.17) is 9.47 Å². The third-order valence-electron chi connectivity index (χ3n) is 5.62. The lowest BCUT2D eigenvalue weighted by atomic mass is 10.1. The van der Waals surface area contributed by atoms with Crippen LogP contribution >= 0.6 is 0 Å². The first-order valence-corrected chi connectivity index (χ1v) is 11.7. The smallest absolute Gasteiger partial charge is 0.296 e. The lowest BCUT2D eigenvalue weighted by Gasteiger charge is -2.24. The van der Waals surface area contributed by atoms with Gasteiger partial charge in [-0.3, -0.25) is 15.5 Å². The Balaban J connectivity index is 1.73. The molecule has 0 aliphatic rings. The van der Waals surface area contributed by atoms with Crippen LogP contribution in [0.5, 0.6) is 5.75 Å². The highest BCUT2D eigenvalue weighted by molar-refractivity contribution is 5.68. The van der Waals surface area contributed by atoms with Gasteiger partial charge in [0.25, 0.3) is 5.69 Å². The van der Waals surface area contributed by atoms with Crippen LogP contribution in [0.1, 0.15) is 11.1 Å². The number of hydrazine groups is 1. The van der Waals surface area contributed by atoms with Crippen molar-refractivity contribution in [1.29, 1.82) is 0 Å². The highest BCUT2D eigenvalue weighted by atomic mass is 16.6. The molecule has 0 bridgehead atoms. The number of rotatable bonds is 13. The summed E-state index contributed by atoms with van der Waals surface area (Å²) in [5, 5.41) is 29.1. The summed E-state index contributed by atoms with van der Waals surface area (Å²) in [6, 6.07) is 16.2. The summed E-state index contributed by atoms with van der Waals surface area (Å²) in [7, 11) is 3.20. The minimum absolute atomic E-state index is 0.0574. The molecular weight excluding hydrogens is 476 g/mol. The Morgan fingerprint density at radius 1 is 0.973 bits per heavy atom. The number of nitro groups is 1. The van der Waals surface area contributed by atoms with E-state index in [0.717, 1.165) is 22.5 Å². The van der Waals surface area contributed by atoms with Crippen LogP contribution in [-0.2, 0) is 4.74 Å². The molecule has 37 heavy (non-hydrogen) atoms. The standard InChI is InChI=1S/C26H32N6O5/c1-18-5-10-22(25(15-18)32(34)35)28-29-23-17-26(37-4)24(16-19(23)2)30-27-20-6-8-21(9-7-20)31(11-13-33)12-14-36-3/h5-10,15-17,27,30,33H,11-14H2,1-4H3. The van der Waals surface area contributed by atoms with Crippen LogP contribution in [0.2, 0.25) is 0 Å². The summed E-state index contributed by atoms with van der Waals surface area (Å²) in [5.74, 6) is 0.524. The number of methoxy groups -OCH3 is 2. The number of hydrogen-bond acceptors (Lipinski definition) is 10. The van der Waals surface area contributed by atoms with Gasteiger partial charge in [-0.2, -0.15) is 0 Å². The number of benzene rings is 3. The molecule has 0 spiro atoms. The monoisotopic (exact) mass is 508 g/mol. The topological polar surface area (TPSA) is 134 Å². The van der Waals surface area contributed by atoms with E-state index in [1.54, 1.807) is 39.3 Å². The van der Waals surface area contributed by atoms with Crippen molar-refractivity contribution in [3.63, 3.8) is 0 Å². The van der Waals surface area contributed by atoms with Gasteiger partial charge in [0.2, 0.25) is 0 Å². The molecule has 0 amide bonds. The molecule has 0 fully saturated rings. The first-order valence-electron chi connectivity index (χ1n) is 11.7. The molecule has 0 aromatic heterocycles. The van der Waals surface area contributed by atoms with Gasteiger partial charge in [-0.15, -0.1) is 10.2 Å². The fourth-order valence-electron chi connectivity index (χ4n) is 3.61. The van der Waals surface area contributed by atoms with Crippen LogP contribution in [0.4, 0.5) is 34.1 Å². The molecule has 11 heteroatoms. The van der Waals surface area contributed by atoms with E-state index in [9.17, 15) is 15.2 Å². The number of ether oxygens (including phenoxy) is 2. The van der Waals surface area contributed by atoms with Crippen molar-refractivity contribution >= 4 is 34.1 Å². The number of nitrogens with zero attached hydrogens (tertiary/aromatic N) is 4. The Morgan fingerprint density at radius 3 is 2.35 bits per heavy atom. The number of anilines is 3. The van der Waals surface area contributed by atoms with Crippen molar-refractivity contribution in [1.82, 2.24) is 0 Å². The van der Waals surface area contributed by atoms with Gasteiger partial charge in [0.15, 0.2) is 5.69 Å². The van der Waals surface area contributed by atoms with Crippen LogP contribution in [0.3, 0.4) is 0 Å². The van der Waals surface area contributed by atoms with Gasteiger partial charge in [0.1, 0.15) is 5.75 Å². The molecule has 3 N–H and O–H groups in total. The lowest BCUT2D eigenvalue weighted by Crippen LogP contribution is -2.30. The Labute approximate surface area is 215 Å². The van der Waals surface area contributed by atoms with E-state index in [2.05, 4.69) is 21.1 Å². The average Bonchev–Trinajstić information content (AvgIpc) is 2.90. The minimum Gasteiger partial charge on any atom is -0.494 e. The number of azo groups is 1. The Morgan fingerprint density at radius 2 is 1.70 bits per heavy atom. The summed E-state index contributed by atoms with van der Waals surface area (Å²) in [6.45, 7) is 5.48. The normalized spacial score (nSPS) is 10.9. The second-order valence-corrected chi connectivity index (χ2v) is 8.29. The fraction of sp³-hybridized carbons (Fsp3) is 0.308. The number of aliphatic hydroxyl groups excluding tert-OH is 1. The van der Waals surface area contributed by atoms with Crippen LogP contribution in [0.25, 0.3) is 0 Å². The Hall–Kier alpha value is -4.22. The van der Waals surface area contributed by atoms with E-state index in [0.29, 0.717) is 36.8 Å². The van der Waals surface area contributed by atoms with E-state index in [-0.39, 0.29) is 18.0 Å². The number of aryl methyl sites for hydroxylation is 2. The molecule has 0 aliphatic heterocycles. The molecule has 0 heterocycles. The van der Waals surface area contributed by atoms with Crippen LogP contribution < -0.4 is 20.5 Å². The summed E-state index contributed by atoms with van der Waals surface area (Å²) >= 11 is 0. The van der Waals surface area contributed by atoms with Gasteiger partial charge in [-0.05, 0) is 61.4 Å². The van der Waals surface area contributed by atoms with Gasteiger partial charge in [0, 0.05) is 38.0 Å². The number of nitrogens with one attached hydrogen (secondary N) is 2. The van der Waals surface area contributed by atoms with E-state index in [1.165, 1.54) is 6.07 Å². The van der Waals surface area contributed by atoms with Crippen molar-refractivity contribution in [2.24, 2.45) is 10.2 Å². The zero-order chi connectivity index (χ0) is 26.8. The maximum absolute atomic E-state index is 11.4. The quantitative estimate of drug-likeness (QED) is 0.156. The van der Waals surface area contributed by atoms with Gasteiger partial charge in [-0.1, -0.05) is 6.07 Å². The molecule has 3 aromatic carbocycles. The molecule has 0 saturated carbocycles. The van der Waals surface area contributed by atoms with Gasteiger partial charge in [-0.25, -0.2) is 0 Å². The van der Waals surface area contributed by atoms with Crippen molar-refractivity contribution < 1.29 is 19.5 Å². The Kier molecular flexibility index (Phi) is 9.76. The zero-order valence-electron chi connectivity index (χ0n) is 21.4. The van der Waals surface area contributed by atoms with Crippen molar-refractivity contribution in [3.05, 3.63) is 75.8 Å². The molecule has 11 nitrogen and oxygen atoms in total. The first-order chi connectivity index (χ1) is 17.9. The predicted octanol–water partition coefficient (Wildman–Crippen LogP) is 5.52. The van der Waals surface area contributed by atoms with Gasteiger partial charge >= 0.3 is 0 Å². The summed E-state index contributed by atoms with van der Waals surface area (Å²) < 4.78 is 10.7. The van der Waals surface area contributed by atoms with E-state index in [1.807, 2.05) is 42.2 Å². The number of hydrogen-bond donors (Lipinski definition) is 3. The zero-order valence-corrected chi connectivity index (χ0v) is 21.4. The van der Waals surface area contributed by atoms with E-state index < -0.39 is 4.92 Å². The molecule has 0 atom stereocenters. The number of aliphatic hydroxyl groups is 1. The highest BCUT2D eigenvalue weighted by Gasteiger charge is 2.14. The third kappa shape index (κ3) is 7.38. The molecule has 0 saturated heterocycles.